The molecule has 0 amide bonds. The van der Waals surface area contributed by atoms with Gasteiger partial charge in [0, 0.05) is 24.3 Å². The highest BCUT2D eigenvalue weighted by molar-refractivity contribution is 7.89. The molecule has 0 aliphatic rings. The molecule has 0 atom stereocenters. The van der Waals surface area contributed by atoms with Gasteiger partial charge in [0.05, 0.1) is 5.75 Å². The third-order valence-electron chi connectivity index (χ3n) is 2.14. The van der Waals surface area contributed by atoms with E-state index in [1.165, 1.54) is 4.31 Å². The van der Waals surface area contributed by atoms with Crippen LogP contribution >= 0.6 is 22.9 Å². The first-order chi connectivity index (χ1) is 6.97. The number of hydrogen-bond donors (Lipinski definition) is 0. The van der Waals surface area contributed by atoms with Crippen LogP contribution in [-0.4, -0.2) is 31.4 Å². The molecule has 0 spiro atoms. The summed E-state index contributed by atoms with van der Waals surface area (Å²) in [5.74, 6) is 0.131. The molecule has 0 fully saturated rings. The number of nitrogens with zero attached hydrogens (tertiary/aromatic N) is 1. The minimum Gasteiger partial charge on any atom is -0.212 e. The summed E-state index contributed by atoms with van der Waals surface area (Å²) in [6, 6.07) is 1.99. The summed E-state index contributed by atoms with van der Waals surface area (Å²) < 4.78 is 24.6. The lowest BCUT2D eigenvalue weighted by Gasteiger charge is -2.15. The minimum atomic E-state index is -3.20. The fourth-order valence-electron chi connectivity index (χ4n) is 1.12. The second-order valence-electron chi connectivity index (χ2n) is 3.29. The van der Waals surface area contributed by atoms with E-state index >= 15 is 0 Å². The smallest absolute Gasteiger partial charge is 0.212 e. The number of sulfonamides is 1. The van der Waals surface area contributed by atoms with Gasteiger partial charge in [-0.1, -0.05) is 0 Å². The highest BCUT2D eigenvalue weighted by Gasteiger charge is 2.18. The molecule has 3 nitrogen and oxygen atoms in total. The normalized spacial score (nSPS) is 12.3. The third kappa shape index (κ3) is 3.45. The number of halogens is 1. The van der Waals surface area contributed by atoms with E-state index in [1.807, 2.05) is 18.4 Å². The Balaban J connectivity index is 2.72. The fraction of sp³-hybridized carbons (Fsp3) is 0.556. The molecule has 0 unspecified atom stereocenters. The molecule has 6 heteroatoms. The Labute approximate surface area is 99.7 Å². The summed E-state index contributed by atoms with van der Waals surface area (Å²) in [7, 11) is -1.61. The zero-order valence-corrected chi connectivity index (χ0v) is 11.1. The second-order valence-corrected chi connectivity index (χ2v) is 6.86. The average Bonchev–Trinajstić information content (AvgIpc) is 2.52. The van der Waals surface area contributed by atoms with Crippen molar-refractivity contribution in [2.45, 2.75) is 13.5 Å². The van der Waals surface area contributed by atoms with Gasteiger partial charge in [-0.25, -0.2) is 8.42 Å². The van der Waals surface area contributed by atoms with Crippen molar-refractivity contribution in [3.05, 3.63) is 21.9 Å². The lowest BCUT2D eigenvalue weighted by molar-refractivity contribution is 0.470. The largest absolute Gasteiger partial charge is 0.215 e. The van der Waals surface area contributed by atoms with Crippen LogP contribution in [0.25, 0.3) is 0 Å². The quantitative estimate of drug-likeness (QED) is 0.766. The molecule has 1 aromatic heterocycles. The zero-order chi connectivity index (χ0) is 11.5. The molecule has 0 saturated heterocycles. The summed E-state index contributed by atoms with van der Waals surface area (Å²) in [6.45, 7) is 2.41. The van der Waals surface area contributed by atoms with Gasteiger partial charge in [-0.3, -0.25) is 0 Å². The van der Waals surface area contributed by atoms with E-state index < -0.39 is 10.0 Å². The van der Waals surface area contributed by atoms with Gasteiger partial charge in [0.15, 0.2) is 0 Å². The van der Waals surface area contributed by atoms with E-state index in [-0.39, 0.29) is 11.6 Å². The molecule has 0 radical (unpaired) electrons. The highest BCUT2D eigenvalue weighted by Crippen LogP contribution is 2.18. The lowest BCUT2D eigenvalue weighted by Crippen LogP contribution is -2.29. The number of rotatable bonds is 5. The maximum absolute atomic E-state index is 11.6. The highest BCUT2D eigenvalue weighted by atomic mass is 35.5. The molecule has 1 heterocycles. The first-order valence-corrected chi connectivity index (χ1v) is 7.52. The summed E-state index contributed by atoms with van der Waals surface area (Å²) in [4.78, 5) is 1.08. The first kappa shape index (κ1) is 13.0. The topological polar surface area (TPSA) is 37.4 Å². The second kappa shape index (κ2) is 5.30. The van der Waals surface area contributed by atoms with Crippen LogP contribution in [0.2, 0.25) is 0 Å². The SMILES string of the molecule is Cc1ccsc1CN(C)S(=O)(=O)CCCl. The van der Waals surface area contributed by atoms with Gasteiger partial charge < -0.3 is 0 Å². The van der Waals surface area contributed by atoms with Crippen molar-refractivity contribution in [2.24, 2.45) is 0 Å². The van der Waals surface area contributed by atoms with E-state index in [0.29, 0.717) is 6.54 Å². The van der Waals surface area contributed by atoms with Gasteiger partial charge in [-0.15, -0.1) is 22.9 Å². The standard InChI is InChI=1S/C9H14ClNO2S2/c1-8-3-5-14-9(8)7-11(2)15(12,13)6-4-10/h3,5H,4,6-7H2,1-2H3. The molecular weight excluding hydrogens is 254 g/mol. The molecule has 0 aliphatic carbocycles. The number of hydrogen-bond acceptors (Lipinski definition) is 3. The van der Waals surface area contributed by atoms with Gasteiger partial charge in [0.25, 0.3) is 0 Å². The predicted molar refractivity (Wildman–Crippen MR) is 65.0 cm³/mol. The molecule has 1 rings (SSSR count). The monoisotopic (exact) mass is 267 g/mol. The van der Waals surface area contributed by atoms with Crippen LogP contribution in [-0.2, 0) is 16.6 Å². The lowest BCUT2D eigenvalue weighted by atomic mass is 10.3. The van der Waals surface area contributed by atoms with E-state index in [1.54, 1.807) is 18.4 Å². The Morgan fingerprint density at radius 3 is 2.67 bits per heavy atom. The van der Waals surface area contributed by atoms with Crippen molar-refractivity contribution in [1.82, 2.24) is 4.31 Å². The molecule has 86 valence electrons. The third-order valence-corrected chi connectivity index (χ3v) is 5.36. The zero-order valence-electron chi connectivity index (χ0n) is 8.73. The Bertz CT molecular complexity index is 414. The molecular formula is C9H14ClNO2S2. The number of alkyl halides is 1. The van der Waals surface area contributed by atoms with E-state index in [2.05, 4.69) is 0 Å². The van der Waals surface area contributed by atoms with Gasteiger partial charge in [0.1, 0.15) is 0 Å². The van der Waals surface area contributed by atoms with Crippen LogP contribution in [0.5, 0.6) is 0 Å². The van der Waals surface area contributed by atoms with E-state index in [9.17, 15) is 8.42 Å². The van der Waals surface area contributed by atoms with Gasteiger partial charge >= 0.3 is 0 Å². The van der Waals surface area contributed by atoms with Crippen LogP contribution in [0, 0.1) is 6.92 Å². The number of thiophene rings is 1. The van der Waals surface area contributed by atoms with Gasteiger partial charge in [0.2, 0.25) is 10.0 Å². The average molecular weight is 268 g/mol. The number of aryl methyl sites for hydroxylation is 1. The summed E-state index contributed by atoms with van der Waals surface area (Å²) >= 11 is 7.01. The first-order valence-electron chi connectivity index (χ1n) is 4.50. The van der Waals surface area contributed by atoms with Crippen LogP contribution in [0.1, 0.15) is 10.4 Å². The van der Waals surface area contributed by atoms with Gasteiger partial charge in [-0.05, 0) is 23.9 Å². The minimum absolute atomic E-state index is 0.00449. The molecule has 15 heavy (non-hydrogen) atoms. The summed E-state index contributed by atoms with van der Waals surface area (Å²) in [5.41, 5.74) is 1.13. The van der Waals surface area contributed by atoms with Crippen molar-refractivity contribution >= 4 is 33.0 Å². The Morgan fingerprint density at radius 2 is 2.20 bits per heavy atom. The Kier molecular flexibility index (Phi) is 4.58. The molecule has 0 N–H and O–H groups in total. The predicted octanol–water partition coefficient (Wildman–Crippen LogP) is 2.06. The van der Waals surface area contributed by atoms with Crippen LogP contribution < -0.4 is 0 Å². The molecule has 0 bridgehead atoms. The fourth-order valence-corrected chi connectivity index (χ4v) is 3.58. The van der Waals surface area contributed by atoms with Crippen molar-refractivity contribution in [2.75, 3.05) is 18.7 Å². The van der Waals surface area contributed by atoms with E-state index in [0.717, 1.165) is 10.4 Å². The molecule has 0 aliphatic heterocycles. The maximum Gasteiger partial charge on any atom is 0.215 e. The van der Waals surface area contributed by atoms with Gasteiger partial charge in [-0.2, -0.15) is 4.31 Å². The van der Waals surface area contributed by atoms with Crippen molar-refractivity contribution in [3.8, 4) is 0 Å². The van der Waals surface area contributed by atoms with Crippen LogP contribution in [0.4, 0.5) is 0 Å². The van der Waals surface area contributed by atoms with Crippen molar-refractivity contribution in [3.63, 3.8) is 0 Å². The van der Waals surface area contributed by atoms with Crippen LogP contribution in [0.15, 0.2) is 11.4 Å². The molecule has 0 aromatic carbocycles. The Morgan fingerprint density at radius 1 is 1.53 bits per heavy atom. The summed E-state index contributed by atoms with van der Waals surface area (Å²) in [5, 5.41) is 1.96. The molecule has 1 aromatic rings. The van der Waals surface area contributed by atoms with E-state index in [4.69, 9.17) is 11.6 Å². The maximum atomic E-state index is 11.6. The summed E-state index contributed by atoms with van der Waals surface area (Å²) in [6.07, 6.45) is 0. The molecule has 0 saturated carbocycles. The van der Waals surface area contributed by atoms with Crippen LogP contribution in [0.3, 0.4) is 0 Å². The van der Waals surface area contributed by atoms with Crippen molar-refractivity contribution in [1.29, 1.82) is 0 Å². The van der Waals surface area contributed by atoms with Crippen molar-refractivity contribution < 1.29 is 8.42 Å². The Hall–Kier alpha value is -0.100.